The largest absolute Gasteiger partial charge is 0.455 e. The van der Waals surface area contributed by atoms with Crippen molar-refractivity contribution < 1.29 is 14.1 Å². The van der Waals surface area contributed by atoms with Crippen molar-refractivity contribution in [1.82, 2.24) is 5.43 Å². The van der Waals surface area contributed by atoms with Crippen molar-refractivity contribution in [2.45, 2.75) is 0 Å². The van der Waals surface area contributed by atoms with Crippen LogP contribution in [0.3, 0.4) is 0 Å². The van der Waals surface area contributed by atoms with E-state index in [-0.39, 0.29) is 11.6 Å². The van der Waals surface area contributed by atoms with Crippen molar-refractivity contribution in [2.24, 2.45) is 5.10 Å². The minimum Gasteiger partial charge on any atom is -0.455 e. The molecule has 3 aromatic rings. The van der Waals surface area contributed by atoms with Gasteiger partial charge in [-0.1, -0.05) is 6.07 Å². The van der Waals surface area contributed by atoms with E-state index in [0.29, 0.717) is 22.6 Å². The van der Waals surface area contributed by atoms with Gasteiger partial charge in [-0.05, 0) is 65.1 Å². The molecule has 2 aromatic carbocycles. The molecule has 0 fully saturated rings. The number of hydrogen-bond donors (Lipinski definition) is 1. The maximum atomic E-state index is 12.0. The van der Waals surface area contributed by atoms with E-state index >= 15 is 0 Å². The third-order valence-corrected chi connectivity index (χ3v) is 4.11. The molecule has 8 heteroatoms. The first-order valence-electron chi connectivity index (χ1n) is 7.46. The Morgan fingerprint density at radius 2 is 1.92 bits per heavy atom. The summed E-state index contributed by atoms with van der Waals surface area (Å²) >= 11 is 2.13. The zero-order chi connectivity index (χ0) is 18.5. The van der Waals surface area contributed by atoms with Crippen LogP contribution in [-0.4, -0.2) is 17.0 Å². The number of non-ortho nitro benzene ring substituents is 1. The number of furan rings is 1. The Hall–Kier alpha value is -3.01. The highest BCUT2D eigenvalue weighted by atomic mass is 127. The van der Waals surface area contributed by atoms with E-state index in [1.807, 2.05) is 6.07 Å². The maximum absolute atomic E-state index is 12.0. The lowest BCUT2D eigenvalue weighted by molar-refractivity contribution is -0.384. The lowest BCUT2D eigenvalue weighted by atomic mass is 10.1. The van der Waals surface area contributed by atoms with Gasteiger partial charge in [0.25, 0.3) is 11.6 Å². The number of carbonyl (C=O) groups excluding carboxylic acids is 1. The van der Waals surface area contributed by atoms with Crippen LogP contribution in [0, 0.1) is 13.7 Å². The SMILES string of the molecule is O=C(N/N=C\c1ccc(-c2ccc([N+](=O)[O-])cc2)o1)c1cccc(I)c1. The first-order valence-corrected chi connectivity index (χ1v) is 8.54. The first kappa shape index (κ1) is 17.8. The molecule has 130 valence electrons. The van der Waals surface area contributed by atoms with E-state index in [1.165, 1.54) is 18.3 Å². The molecule has 0 saturated heterocycles. The predicted molar refractivity (Wildman–Crippen MR) is 105 cm³/mol. The van der Waals surface area contributed by atoms with Gasteiger partial charge in [-0.15, -0.1) is 0 Å². The number of hydrogen-bond acceptors (Lipinski definition) is 5. The summed E-state index contributed by atoms with van der Waals surface area (Å²) in [7, 11) is 0. The number of nitrogens with one attached hydrogen (secondary N) is 1. The topological polar surface area (TPSA) is 97.7 Å². The summed E-state index contributed by atoms with van der Waals surface area (Å²) < 4.78 is 6.56. The monoisotopic (exact) mass is 461 g/mol. The third-order valence-electron chi connectivity index (χ3n) is 3.43. The van der Waals surface area contributed by atoms with Gasteiger partial charge in [0.15, 0.2) is 0 Å². The van der Waals surface area contributed by atoms with Crippen molar-refractivity contribution in [1.29, 1.82) is 0 Å². The summed E-state index contributed by atoms with van der Waals surface area (Å²) in [6, 6.07) is 16.6. The third kappa shape index (κ3) is 4.33. The second kappa shape index (κ2) is 7.91. The molecule has 0 bridgehead atoms. The second-order valence-corrected chi connectivity index (χ2v) is 6.46. The fourth-order valence-corrected chi connectivity index (χ4v) is 2.72. The minimum atomic E-state index is -0.458. The fraction of sp³-hybridized carbons (Fsp3) is 0. The Labute approximate surface area is 162 Å². The van der Waals surface area contributed by atoms with E-state index in [1.54, 1.807) is 42.5 Å². The number of nitrogens with zero attached hydrogens (tertiary/aromatic N) is 2. The van der Waals surface area contributed by atoms with Crippen molar-refractivity contribution in [3.05, 3.63) is 85.7 Å². The van der Waals surface area contributed by atoms with Crippen LogP contribution in [0.15, 0.2) is 70.2 Å². The molecule has 0 aliphatic heterocycles. The molecule has 0 saturated carbocycles. The normalized spacial score (nSPS) is 10.8. The fourth-order valence-electron chi connectivity index (χ4n) is 2.17. The van der Waals surface area contributed by atoms with E-state index in [0.717, 1.165) is 3.57 Å². The van der Waals surface area contributed by atoms with Crippen molar-refractivity contribution in [3.8, 4) is 11.3 Å². The van der Waals surface area contributed by atoms with Gasteiger partial charge >= 0.3 is 0 Å². The number of benzene rings is 2. The van der Waals surface area contributed by atoms with Crippen LogP contribution in [0.5, 0.6) is 0 Å². The molecule has 0 aliphatic carbocycles. The molecule has 0 spiro atoms. The number of carbonyl (C=O) groups is 1. The highest BCUT2D eigenvalue weighted by molar-refractivity contribution is 14.1. The van der Waals surface area contributed by atoms with Gasteiger partial charge in [0.1, 0.15) is 11.5 Å². The van der Waals surface area contributed by atoms with Crippen LogP contribution >= 0.6 is 22.6 Å². The molecule has 1 N–H and O–H groups in total. The quantitative estimate of drug-likeness (QED) is 0.266. The molecule has 1 heterocycles. The van der Waals surface area contributed by atoms with Gasteiger partial charge in [0.05, 0.1) is 11.1 Å². The summed E-state index contributed by atoms with van der Waals surface area (Å²) in [4.78, 5) is 22.2. The summed E-state index contributed by atoms with van der Waals surface area (Å²) in [5.41, 5.74) is 3.67. The van der Waals surface area contributed by atoms with E-state index in [4.69, 9.17) is 4.42 Å². The average molecular weight is 461 g/mol. The van der Waals surface area contributed by atoms with Gasteiger partial charge in [-0.2, -0.15) is 5.10 Å². The molecular formula is C18H12IN3O4. The number of amides is 1. The Kier molecular flexibility index (Phi) is 5.42. The molecule has 7 nitrogen and oxygen atoms in total. The number of halogens is 1. The van der Waals surface area contributed by atoms with Gasteiger partial charge in [-0.3, -0.25) is 14.9 Å². The van der Waals surface area contributed by atoms with Crippen LogP contribution in [0.1, 0.15) is 16.1 Å². The summed E-state index contributed by atoms with van der Waals surface area (Å²) in [5, 5.41) is 14.6. The Morgan fingerprint density at radius 1 is 1.15 bits per heavy atom. The Bertz CT molecular complexity index is 980. The second-order valence-electron chi connectivity index (χ2n) is 5.22. The lowest BCUT2D eigenvalue weighted by Crippen LogP contribution is -2.17. The Balaban J connectivity index is 1.65. The van der Waals surface area contributed by atoms with Crippen LogP contribution < -0.4 is 5.43 Å². The number of rotatable bonds is 5. The smallest absolute Gasteiger partial charge is 0.271 e. The van der Waals surface area contributed by atoms with Gasteiger partial charge in [0.2, 0.25) is 0 Å². The molecule has 3 rings (SSSR count). The van der Waals surface area contributed by atoms with Gasteiger partial charge in [-0.25, -0.2) is 5.43 Å². The Morgan fingerprint density at radius 3 is 2.62 bits per heavy atom. The highest BCUT2D eigenvalue weighted by Gasteiger charge is 2.08. The maximum Gasteiger partial charge on any atom is 0.271 e. The predicted octanol–water partition coefficient (Wildman–Crippen LogP) is 4.22. The van der Waals surface area contributed by atoms with Crippen LogP contribution in [0.4, 0.5) is 5.69 Å². The van der Waals surface area contributed by atoms with E-state index < -0.39 is 4.92 Å². The highest BCUT2D eigenvalue weighted by Crippen LogP contribution is 2.24. The minimum absolute atomic E-state index is 0.0142. The van der Waals surface area contributed by atoms with Crippen LogP contribution in [0.25, 0.3) is 11.3 Å². The van der Waals surface area contributed by atoms with Crippen LogP contribution in [-0.2, 0) is 0 Å². The van der Waals surface area contributed by atoms with Gasteiger partial charge < -0.3 is 4.42 Å². The van der Waals surface area contributed by atoms with Gasteiger partial charge in [0, 0.05) is 26.8 Å². The zero-order valence-electron chi connectivity index (χ0n) is 13.3. The zero-order valence-corrected chi connectivity index (χ0v) is 15.4. The van der Waals surface area contributed by atoms with Crippen molar-refractivity contribution >= 4 is 40.4 Å². The molecule has 0 unspecified atom stereocenters. The molecule has 1 aromatic heterocycles. The molecule has 0 atom stereocenters. The van der Waals surface area contributed by atoms with Crippen molar-refractivity contribution in [3.63, 3.8) is 0 Å². The molecule has 0 aliphatic rings. The lowest BCUT2D eigenvalue weighted by Gasteiger charge is -1.99. The van der Waals surface area contributed by atoms with E-state index in [9.17, 15) is 14.9 Å². The molecular weight excluding hydrogens is 449 g/mol. The first-order chi connectivity index (χ1) is 12.5. The molecule has 0 radical (unpaired) electrons. The number of hydrazone groups is 1. The van der Waals surface area contributed by atoms with Crippen molar-refractivity contribution in [2.75, 3.05) is 0 Å². The molecule has 1 amide bonds. The van der Waals surface area contributed by atoms with E-state index in [2.05, 4.69) is 33.1 Å². The summed E-state index contributed by atoms with van der Waals surface area (Å²) in [6.07, 6.45) is 1.39. The standard InChI is InChI=1S/C18H12IN3O4/c19-14-3-1-2-13(10-14)18(23)21-20-11-16-8-9-17(26-16)12-4-6-15(7-5-12)22(24)25/h1-11H,(H,21,23)/b20-11-. The average Bonchev–Trinajstić information content (AvgIpc) is 3.10. The number of nitro groups is 1. The summed E-state index contributed by atoms with van der Waals surface area (Å²) in [5.74, 6) is 0.675. The summed E-state index contributed by atoms with van der Waals surface area (Å²) in [6.45, 7) is 0. The number of nitro benzene ring substituents is 1. The van der Waals surface area contributed by atoms with Crippen LogP contribution in [0.2, 0.25) is 0 Å². The molecule has 26 heavy (non-hydrogen) atoms.